The van der Waals surface area contributed by atoms with Gasteiger partial charge in [-0.25, -0.2) is 9.18 Å². The highest BCUT2D eigenvalue weighted by Crippen LogP contribution is 2.30. The first-order chi connectivity index (χ1) is 15.3. The van der Waals surface area contributed by atoms with Crippen LogP contribution in [-0.4, -0.2) is 72.4 Å². The molecule has 1 aromatic carbocycles. The molecule has 1 aliphatic rings. The van der Waals surface area contributed by atoms with E-state index in [2.05, 4.69) is 31.9 Å². The molecule has 3 amide bonds. The van der Waals surface area contributed by atoms with E-state index in [-0.39, 0.29) is 23.1 Å². The van der Waals surface area contributed by atoms with Gasteiger partial charge in [-0.1, -0.05) is 12.1 Å². The SMILES string of the molecule is Cc1ccc(COc2nsc(NC(=O)NCCCN3CCN(C)CC3)c2C(N)=O)c(F)c1. The summed E-state index contributed by atoms with van der Waals surface area (Å²) in [4.78, 5) is 28.8. The minimum absolute atomic E-state index is 0.0323. The zero-order chi connectivity index (χ0) is 23.1. The van der Waals surface area contributed by atoms with Crippen molar-refractivity contribution in [2.45, 2.75) is 20.0 Å². The van der Waals surface area contributed by atoms with Crippen molar-refractivity contribution >= 4 is 28.5 Å². The van der Waals surface area contributed by atoms with Gasteiger partial charge in [0, 0.05) is 38.3 Å². The molecule has 2 aromatic rings. The predicted octanol–water partition coefficient (Wildman–Crippen LogP) is 2.03. The standard InChI is InChI=1S/C21H29FN6O3S/c1-14-4-5-15(16(22)12-14)13-31-19-17(18(23)29)20(32-26-19)25-21(30)24-6-3-7-28-10-8-27(2)9-11-28/h4-5,12H,3,6-11,13H2,1-2H3,(H2,23,29)(H2,24,25,30). The first kappa shape index (κ1) is 23.9. The molecule has 0 atom stereocenters. The van der Waals surface area contributed by atoms with Gasteiger partial charge in [-0.15, -0.1) is 0 Å². The van der Waals surface area contributed by atoms with Gasteiger partial charge in [-0.3, -0.25) is 10.1 Å². The lowest BCUT2D eigenvalue weighted by Crippen LogP contribution is -2.45. The van der Waals surface area contributed by atoms with Gasteiger partial charge in [0.1, 0.15) is 23.0 Å². The number of nitrogens with one attached hydrogen (secondary N) is 2. The Hall–Kier alpha value is -2.76. The number of rotatable bonds is 9. The number of piperazine rings is 1. The lowest BCUT2D eigenvalue weighted by atomic mass is 10.1. The van der Waals surface area contributed by atoms with Crippen molar-refractivity contribution in [2.24, 2.45) is 5.73 Å². The molecular weight excluding hydrogens is 435 g/mol. The molecule has 9 nitrogen and oxygen atoms in total. The molecule has 32 heavy (non-hydrogen) atoms. The van der Waals surface area contributed by atoms with Gasteiger partial charge >= 0.3 is 6.03 Å². The number of likely N-dealkylation sites (N-methyl/N-ethyl adjacent to an activating group) is 1. The number of carbonyl (C=O) groups is 2. The van der Waals surface area contributed by atoms with Crippen LogP contribution in [0.1, 0.15) is 27.9 Å². The number of carbonyl (C=O) groups excluding carboxylic acids is 2. The number of nitrogens with zero attached hydrogens (tertiary/aromatic N) is 3. The molecule has 3 rings (SSSR count). The minimum Gasteiger partial charge on any atom is -0.471 e. The van der Waals surface area contributed by atoms with Crippen LogP contribution in [0.15, 0.2) is 18.2 Å². The maximum Gasteiger partial charge on any atom is 0.319 e. The fourth-order valence-corrected chi connectivity index (χ4v) is 4.05. The molecular formula is C21H29FN6O3S. The van der Waals surface area contributed by atoms with Gasteiger partial charge in [-0.2, -0.15) is 4.37 Å². The molecule has 0 spiro atoms. The average molecular weight is 465 g/mol. The van der Waals surface area contributed by atoms with Crippen molar-refractivity contribution in [1.29, 1.82) is 0 Å². The lowest BCUT2D eigenvalue weighted by molar-refractivity contribution is 0.0996. The average Bonchev–Trinajstić information content (AvgIpc) is 3.14. The summed E-state index contributed by atoms with van der Waals surface area (Å²) < 4.78 is 23.6. The number of aromatic nitrogens is 1. The second-order valence-corrected chi connectivity index (χ2v) is 8.59. The molecule has 0 bridgehead atoms. The van der Waals surface area contributed by atoms with Crippen LogP contribution >= 0.6 is 11.5 Å². The molecule has 174 valence electrons. The van der Waals surface area contributed by atoms with Crippen LogP contribution in [0.4, 0.5) is 14.2 Å². The quantitative estimate of drug-likeness (QED) is 0.490. The number of ether oxygens (including phenoxy) is 1. The Labute approximate surface area is 190 Å². The number of hydrogen-bond donors (Lipinski definition) is 3. The van der Waals surface area contributed by atoms with Gasteiger partial charge in [-0.05, 0) is 50.1 Å². The normalized spacial score (nSPS) is 14.8. The van der Waals surface area contributed by atoms with E-state index in [4.69, 9.17) is 10.5 Å². The van der Waals surface area contributed by atoms with E-state index in [0.29, 0.717) is 12.1 Å². The lowest BCUT2D eigenvalue weighted by Gasteiger charge is -2.32. The highest BCUT2D eigenvalue weighted by Gasteiger charge is 2.22. The Bertz CT molecular complexity index is 946. The molecule has 1 saturated heterocycles. The van der Waals surface area contributed by atoms with Gasteiger partial charge in [0.15, 0.2) is 0 Å². The number of anilines is 1. The summed E-state index contributed by atoms with van der Waals surface area (Å²) in [6.07, 6.45) is 0.818. The summed E-state index contributed by atoms with van der Waals surface area (Å²) in [6.45, 7) is 7.24. The predicted molar refractivity (Wildman–Crippen MR) is 122 cm³/mol. The third-order valence-electron chi connectivity index (χ3n) is 5.24. The first-order valence-corrected chi connectivity index (χ1v) is 11.2. The van der Waals surface area contributed by atoms with E-state index in [0.717, 1.165) is 56.2 Å². The van der Waals surface area contributed by atoms with E-state index in [1.807, 2.05) is 0 Å². The molecule has 0 saturated carbocycles. The Morgan fingerprint density at radius 3 is 2.72 bits per heavy atom. The van der Waals surface area contributed by atoms with Crippen molar-refractivity contribution in [1.82, 2.24) is 19.5 Å². The third kappa shape index (κ3) is 6.62. The molecule has 1 aliphatic heterocycles. The Morgan fingerprint density at radius 1 is 1.28 bits per heavy atom. The van der Waals surface area contributed by atoms with Crippen LogP contribution in [0.25, 0.3) is 0 Å². The fraction of sp³-hybridized carbons (Fsp3) is 0.476. The smallest absolute Gasteiger partial charge is 0.319 e. The Morgan fingerprint density at radius 2 is 2.03 bits per heavy atom. The number of halogens is 1. The summed E-state index contributed by atoms with van der Waals surface area (Å²) in [7, 11) is 2.11. The number of nitrogens with two attached hydrogens (primary N) is 1. The zero-order valence-corrected chi connectivity index (χ0v) is 19.1. The summed E-state index contributed by atoms with van der Waals surface area (Å²) >= 11 is 0.882. The fourth-order valence-electron chi connectivity index (χ4n) is 3.32. The summed E-state index contributed by atoms with van der Waals surface area (Å²) in [5.74, 6) is -1.23. The minimum atomic E-state index is -0.788. The maximum atomic E-state index is 14.0. The Balaban J connectivity index is 1.49. The molecule has 1 fully saturated rings. The maximum absolute atomic E-state index is 14.0. The van der Waals surface area contributed by atoms with Gasteiger partial charge in [0.2, 0.25) is 5.88 Å². The van der Waals surface area contributed by atoms with Crippen LogP contribution in [0.2, 0.25) is 0 Å². The third-order valence-corrected chi connectivity index (χ3v) is 5.99. The summed E-state index contributed by atoms with van der Waals surface area (Å²) in [5, 5.41) is 5.57. The van der Waals surface area contributed by atoms with Crippen molar-refractivity contribution < 1.29 is 18.7 Å². The molecule has 0 aliphatic carbocycles. The first-order valence-electron chi connectivity index (χ1n) is 10.5. The molecule has 0 radical (unpaired) electrons. The van der Waals surface area contributed by atoms with Crippen LogP contribution in [0.3, 0.4) is 0 Å². The van der Waals surface area contributed by atoms with Crippen LogP contribution in [-0.2, 0) is 6.61 Å². The second-order valence-electron chi connectivity index (χ2n) is 7.82. The van der Waals surface area contributed by atoms with Crippen LogP contribution < -0.4 is 21.1 Å². The number of urea groups is 1. The zero-order valence-electron chi connectivity index (χ0n) is 18.3. The van der Waals surface area contributed by atoms with E-state index >= 15 is 0 Å². The summed E-state index contributed by atoms with van der Waals surface area (Å²) in [5.41, 5.74) is 6.55. The van der Waals surface area contributed by atoms with Gasteiger partial charge in [0.25, 0.3) is 5.91 Å². The molecule has 11 heteroatoms. The molecule has 2 heterocycles. The van der Waals surface area contributed by atoms with Crippen LogP contribution in [0.5, 0.6) is 5.88 Å². The van der Waals surface area contributed by atoms with E-state index < -0.39 is 17.8 Å². The van der Waals surface area contributed by atoms with Crippen molar-refractivity contribution in [3.8, 4) is 5.88 Å². The van der Waals surface area contributed by atoms with Gasteiger partial charge < -0.3 is 25.6 Å². The largest absolute Gasteiger partial charge is 0.471 e. The van der Waals surface area contributed by atoms with E-state index in [9.17, 15) is 14.0 Å². The summed E-state index contributed by atoms with van der Waals surface area (Å²) in [6, 6.07) is 4.32. The number of primary amides is 1. The Kier molecular flexibility index (Phi) is 8.37. The van der Waals surface area contributed by atoms with Crippen molar-refractivity contribution in [3.05, 3.63) is 40.7 Å². The number of benzene rings is 1. The van der Waals surface area contributed by atoms with Crippen LogP contribution in [0, 0.1) is 12.7 Å². The molecule has 0 unspecified atom stereocenters. The highest BCUT2D eigenvalue weighted by atomic mass is 32.1. The number of aryl methyl sites for hydroxylation is 1. The van der Waals surface area contributed by atoms with Gasteiger partial charge in [0.05, 0.1) is 0 Å². The molecule has 1 aromatic heterocycles. The van der Waals surface area contributed by atoms with E-state index in [1.165, 1.54) is 6.07 Å². The molecule has 4 N–H and O–H groups in total. The van der Waals surface area contributed by atoms with E-state index in [1.54, 1.807) is 19.1 Å². The topological polar surface area (TPSA) is 113 Å². The number of hydrogen-bond acceptors (Lipinski definition) is 7. The van der Waals surface area contributed by atoms with Crippen molar-refractivity contribution in [2.75, 3.05) is 51.6 Å². The highest BCUT2D eigenvalue weighted by molar-refractivity contribution is 7.11. The number of amides is 3. The van der Waals surface area contributed by atoms with Crippen molar-refractivity contribution in [3.63, 3.8) is 0 Å². The second kappa shape index (κ2) is 11.2. The monoisotopic (exact) mass is 464 g/mol.